The molecule has 176 valence electrons. The Hall–Kier alpha value is -1.18. The van der Waals surface area contributed by atoms with Crippen molar-refractivity contribution >= 4 is 11.9 Å². The number of carbonyl (C=O) groups is 2. The van der Waals surface area contributed by atoms with Crippen LogP contribution in [0.5, 0.6) is 0 Å². The van der Waals surface area contributed by atoms with Gasteiger partial charge in [0.2, 0.25) is 0 Å². The molecule has 0 amide bonds. The molecular weight excluding hydrogens is 400 g/mol. The minimum Gasteiger partial charge on any atom is -0.459 e. The van der Waals surface area contributed by atoms with Crippen molar-refractivity contribution in [2.75, 3.05) is 0 Å². The van der Waals surface area contributed by atoms with E-state index >= 15 is 0 Å². The molecule has 2 N–H and O–H groups in total. The zero-order chi connectivity index (χ0) is 22.8. The van der Waals surface area contributed by atoms with Gasteiger partial charge in [0.15, 0.2) is 0 Å². The van der Waals surface area contributed by atoms with Crippen LogP contribution in [0.15, 0.2) is 0 Å². The van der Waals surface area contributed by atoms with E-state index in [0.29, 0.717) is 32.1 Å². The number of esters is 2. The third kappa shape index (κ3) is 3.70. The van der Waals surface area contributed by atoms with Gasteiger partial charge in [-0.3, -0.25) is 9.59 Å². The molecule has 0 aromatic heterocycles. The third-order valence-electron chi connectivity index (χ3n) is 8.66. The number of fused-ring (bicyclic) bond motifs is 2. The molecular formula is C24H38O7. The highest BCUT2D eigenvalue weighted by Gasteiger charge is 2.67. The Labute approximate surface area is 184 Å². The van der Waals surface area contributed by atoms with Crippen LogP contribution in [-0.2, 0) is 23.8 Å². The number of rotatable bonds is 3. The second-order valence-corrected chi connectivity index (χ2v) is 11.1. The van der Waals surface area contributed by atoms with Crippen molar-refractivity contribution in [1.29, 1.82) is 0 Å². The molecule has 4 rings (SSSR count). The summed E-state index contributed by atoms with van der Waals surface area (Å²) in [7, 11) is 0. The maximum Gasteiger partial charge on any atom is 0.309 e. The van der Waals surface area contributed by atoms with Crippen LogP contribution in [0.2, 0.25) is 0 Å². The Morgan fingerprint density at radius 3 is 2.61 bits per heavy atom. The summed E-state index contributed by atoms with van der Waals surface area (Å²) in [6, 6.07) is 0. The summed E-state index contributed by atoms with van der Waals surface area (Å²) in [5.41, 5.74) is -2.99. The van der Waals surface area contributed by atoms with Crippen molar-refractivity contribution in [2.45, 2.75) is 115 Å². The van der Waals surface area contributed by atoms with Crippen LogP contribution in [-0.4, -0.2) is 57.3 Å². The van der Waals surface area contributed by atoms with Gasteiger partial charge in [0.1, 0.15) is 17.3 Å². The molecule has 0 aromatic carbocycles. The lowest BCUT2D eigenvalue weighted by molar-refractivity contribution is -0.183. The first-order chi connectivity index (χ1) is 14.4. The lowest BCUT2D eigenvalue weighted by Gasteiger charge is -2.49. The molecule has 3 heterocycles. The summed E-state index contributed by atoms with van der Waals surface area (Å²) in [4.78, 5) is 25.5. The number of aliphatic hydroxyl groups excluding tert-OH is 1. The highest BCUT2D eigenvalue weighted by atomic mass is 16.6. The summed E-state index contributed by atoms with van der Waals surface area (Å²) in [5.74, 6) is -0.849. The van der Waals surface area contributed by atoms with Gasteiger partial charge in [0, 0.05) is 24.7 Å². The van der Waals surface area contributed by atoms with Gasteiger partial charge in [0.05, 0.1) is 23.7 Å². The lowest BCUT2D eigenvalue weighted by Crippen LogP contribution is -2.56. The van der Waals surface area contributed by atoms with Gasteiger partial charge in [-0.05, 0) is 58.8 Å². The summed E-state index contributed by atoms with van der Waals surface area (Å²) >= 11 is 0. The van der Waals surface area contributed by atoms with Crippen molar-refractivity contribution in [3.8, 4) is 0 Å². The van der Waals surface area contributed by atoms with Gasteiger partial charge >= 0.3 is 11.9 Å². The smallest absolute Gasteiger partial charge is 0.309 e. The van der Waals surface area contributed by atoms with Crippen molar-refractivity contribution in [1.82, 2.24) is 0 Å². The Bertz CT molecular complexity index is 735. The van der Waals surface area contributed by atoms with E-state index in [-0.39, 0.29) is 48.1 Å². The first kappa shape index (κ1) is 23.0. The molecule has 0 radical (unpaired) electrons. The van der Waals surface area contributed by atoms with Crippen LogP contribution in [0, 0.1) is 23.7 Å². The zero-order valence-electron chi connectivity index (χ0n) is 19.4. The van der Waals surface area contributed by atoms with E-state index in [1.54, 1.807) is 6.92 Å². The first-order valence-corrected chi connectivity index (χ1v) is 11.9. The molecule has 3 saturated heterocycles. The van der Waals surface area contributed by atoms with Gasteiger partial charge in [-0.15, -0.1) is 0 Å². The average molecular weight is 439 g/mol. The Balaban J connectivity index is 1.81. The van der Waals surface area contributed by atoms with E-state index in [0.717, 1.165) is 6.42 Å². The zero-order valence-corrected chi connectivity index (χ0v) is 19.4. The molecule has 0 aromatic rings. The fourth-order valence-corrected chi connectivity index (χ4v) is 6.87. The lowest BCUT2D eigenvalue weighted by atomic mass is 9.57. The second-order valence-electron chi connectivity index (χ2n) is 11.1. The molecule has 3 aliphatic heterocycles. The molecule has 1 saturated carbocycles. The highest BCUT2D eigenvalue weighted by molar-refractivity contribution is 5.73. The number of aliphatic hydroxyl groups is 2. The van der Waals surface area contributed by atoms with Gasteiger partial charge in [-0.1, -0.05) is 13.8 Å². The minimum atomic E-state index is -1.35. The van der Waals surface area contributed by atoms with Crippen LogP contribution in [0.25, 0.3) is 0 Å². The highest BCUT2D eigenvalue weighted by Crippen LogP contribution is 2.60. The Morgan fingerprint density at radius 1 is 1.23 bits per heavy atom. The van der Waals surface area contributed by atoms with E-state index < -0.39 is 29.0 Å². The standard InChI is InChI=1S/C24H38O7/c1-6-7-17(26)30-23(4)10-8-14-13(2)21(27)31-24(5)11-9-16(25)22(3,28)12-15-19(23)18(14)20(24)29-15/h13-16,18-20,25,28H,6-12H2,1-5H3/t13-,14-,15-,16+,18+,19+,20-,22+,23-,24-/m0/s1. The first-order valence-electron chi connectivity index (χ1n) is 11.9. The van der Waals surface area contributed by atoms with Crippen LogP contribution in [0.1, 0.15) is 79.6 Å². The predicted molar refractivity (Wildman–Crippen MR) is 112 cm³/mol. The molecule has 0 spiro atoms. The minimum absolute atomic E-state index is 0.0179. The van der Waals surface area contributed by atoms with Crippen LogP contribution in [0.4, 0.5) is 0 Å². The Kier molecular flexibility index (Phi) is 5.71. The molecule has 2 bridgehead atoms. The molecule has 31 heavy (non-hydrogen) atoms. The topological polar surface area (TPSA) is 102 Å². The quantitative estimate of drug-likeness (QED) is 0.653. The van der Waals surface area contributed by atoms with Gasteiger partial charge in [-0.25, -0.2) is 0 Å². The third-order valence-corrected chi connectivity index (χ3v) is 8.66. The average Bonchev–Trinajstić information content (AvgIpc) is 3.03. The van der Waals surface area contributed by atoms with Crippen molar-refractivity contribution in [3.05, 3.63) is 0 Å². The van der Waals surface area contributed by atoms with Crippen molar-refractivity contribution in [3.63, 3.8) is 0 Å². The SMILES string of the molecule is CCCC(=O)O[C@@]1(C)CC[C@@H]2[C@@H]3[C@H]1[C@@H]1C[C@@](C)(O)[C@H](O)CC[C@](C)(OC(=O)[C@H]2C)[C@H]3O1. The van der Waals surface area contributed by atoms with Gasteiger partial charge in [0.25, 0.3) is 0 Å². The molecule has 4 aliphatic rings. The van der Waals surface area contributed by atoms with Crippen LogP contribution < -0.4 is 0 Å². The number of hydrogen-bond acceptors (Lipinski definition) is 7. The normalized spacial score (nSPS) is 51.7. The maximum absolute atomic E-state index is 13.0. The number of ether oxygens (including phenoxy) is 3. The summed E-state index contributed by atoms with van der Waals surface area (Å²) in [5, 5.41) is 21.8. The number of carbonyl (C=O) groups excluding carboxylic acids is 2. The molecule has 7 nitrogen and oxygen atoms in total. The molecule has 1 aliphatic carbocycles. The maximum atomic E-state index is 13.0. The fraction of sp³-hybridized carbons (Fsp3) is 0.917. The summed E-state index contributed by atoms with van der Waals surface area (Å²) in [6.45, 7) is 9.39. The van der Waals surface area contributed by atoms with E-state index in [9.17, 15) is 19.8 Å². The molecule has 7 heteroatoms. The van der Waals surface area contributed by atoms with E-state index in [1.165, 1.54) is 0 Å². The fourth-order valence-electron chi connectivity index (χ4n) is 6.87. The van der Waals surface area contributed by atoms with Gasteiger partial charge in [-0.2, -0.15) is 0 Å². The second kappa shape index (κ2) is 7.70. The largest absolute Gasteiger partial charge is 0.459 e. The van der Waals surface area contributed by atoms with Crippen molar-refractivity contribution in [2.24, 2.45) is 23.7 Å². The van der Waals surface area contributed by atoms with E-state index in [2.05, 4.69) is 0 Å². The van der Waals surface area contributed by atoms with Crippen LogP contribution >= 0.6 is 0 Å². The van der Waals surface area contributed by atoms with Crippen molar-refractivity contribution < 1.29 is 34.0 Å². The van der Waals surface area contributed by atoms with Crippen LogP contribution in [0.3, 0.4) is 0 Å². The van der Waals surface area contributed by atoms with E-state index in [4.69, 9.17) is 14.2 Å². The molecule has 0 unspecified atom stereocenters. The monoisotopic (exact) mass is 438 g/mol. The summed E-state index contributed by atoms with van der Waals surface area (Å²) < 4.78 is 18.8. The number of hydrogen-bond donors (Lipinski definition) is 2. The Morgan fingerprint density at radius 2 is 1.94 bits per heavy atom. The van der Waals surface area contributed by atoms with E-state index in [1.807, 2.05) is 27.7 Å². The summed E-state index contributed by atoms with van der Waals surface area (Å²) in [6.07, 6.45) is 1.73. The molecule has 10 atom stereocenters. The predicted octanol–water partition coefficient (Wildman–Crippen LogP) is 2.75. The molecule has 4 fully saturated rings. The van der Waals surface area contributed by atoms with Gasteiger partial charge < -0.3 is 24.4 Å².